The summed E-state index contributed by atoms with van der Waals surface area (Å²) in [4.78, 5) is 17.2. The molecule has 0 saturated carbocycles. The Morgan fingerprint density at radius 2 is 1.74 bits per heavy atom. The molecule has 0 spiro atoms. The van der Waals surface area contributed by atoms with Gasteiger partial charge in [-0.1, -0.05) is 0 Å². The van der Waals surface area contributed by atoms with Crippen LogP contribution >= 0.6 is 0 Å². The Hall–Kier alpha value is -2.17. The number of rotatable bonds is 3. The van der Waals surface area contributed by atoms with Gasteiger partial charge in [-0.2, -0.15) is 0 Å². The third kappa shape index (κ3) is 2.23. The maximum atomic E-state index is 4.46. The van der Waals surface area contributed by atoms with E-state index < -0.39 is 0 Å². The quantitative estimate of drug-likeness (QED) is 0.832. The van der Waals surface area contributed by atoms with Crippen molar-refractivity contribution in [1.82, 2.24) is 15.0 Å². The summed E-state index contributed by atoms with van der Waals surface area (Å²) in [5.74, 6) is 2.47. The lowest BCUT2D eigenvalue weighted by Crippen LogP contribution is -2.46. The first kappa shape index (κ1) is 11.9. The van der Waals surface area contributed by atoms with Crippen LogP contribution in [-0.2, 0) is 0 Å². The average molecular weight is 255 g/mol. The van der Waals surface area contributed by atoms with Crippen LogP contribution in [0.25, 0.3) is 0 Å². The van der Waals surface area contributed by atoms with Crippen LogP contribution in [0.4, 0.5) is 11.6 Å². The molecule has 0 amide bonds. The van der Waals surface area contributed by atoms with E-state index in [1.54, 1.807) is 12.4 Å². The summed E-state index contributed by atoms with van der Waals surface area (Å²) in [7, 11) is 3.99. The van der Waals surface area contributed by atoms with Gasteiger partial charge >= 0.3 is 0 Å². The van der Waals surface area contributed by atoms with Gasteiger partial charge in [0.25, 0.3) is 0 Å². The van der Waals surface area contributed by atoms with E-state index >= 15 is 0 Å². The molecule has 0 N–H and O–H groups in total. The zero-order valence-electron chi connectivity index (χ0n) is 11.2. The summed E-state index contributed by atoms with van der Waals surface area (Å²) in [6.45, 7) is 1.98. The van der Waals surface area contributed by atoms with Crippen LogP contribution in [0.2, 0.25) is 0 Å². The summed E-state index contributed by atoms with van der Waals surface area (Å²) in [5.41, 5.74) is 1.35. The smallest absolute Gasteiger partial charge is 0.172 e. The highest BCUT2D eigenvalue weighted by Crippen LogP contribution is 2.33. The van der Waals surface area contributed by atoms with Crippen molar-refractivity contribution >= 4 is 11.6 Å². The first-order valence-corrected chi connectivity index (χ1v) is 6.39. The van der Waals surface area contributed by atoms with Crippen molar-refractivity contribution in [2.45, 2.75) is 5.92 Å². The Morgan fingerprint density at radius 1 is 1.05 bits per heavy atom. The van der Waals surface area contributed by atoms with Gasteiger partial charge in [-0.15, -0.1) is 0 Å². The molecule has 5 heteroatoms. The maximum absolute atomic E-state index is 4.46. The summed E-state index contributed by atoms with van der Waals surface area (Å²) < 4.78 is 0. The number of aromatic nitrogens is 3. The molecule has 2 aromatic heterocycles. The van der Waals surface area contributed by atoms with E-state index in [4.69, 9.17) is 0 Å². The SMILES string of the molecule is CN(C)c1nccnc1N1CC(c2ccncc2)C1. The highest BCUT2D eigenvalue weighted by Gasteiger charge is 2.31. The lowest BCUT2D eigenvalue weighted by molar-refractivity contribution is 0.519. The monoisotopic (exact) mass is 255 g/mol. The van der Waals surface area contributed by atoms with Gasteiger partial charge in [0.15, 0.2) is 11.6 Å². The zero-order chi connectivity index (χ0) is 13.2. The molecule has 0 atom stereocenters. The molecule has 0 aliphatic carbocycles. The Labute approximate surface area is 112 Å². The van der Waals surface area contributed by atoms with Crippen LogP contribution in [0, 0.1) is 0 Å². The summed E-state index contributed by atoms with van der Waals surface area (Å²) in [6.07, 6.45) is 7.19. The Bertz CT molecular complexity index is 549. The molecule has 3 heterocycles. The predicted octanol–water partition coefficient (Wildman–Crippen LogP) is 1.54. The van der Waals surface area contributed by atoms with Gasteiger partial charge in [-0.3, -0.25) is 4.98 Å². The fourth-order valence-corrected chi connectivity index (χ4v) is 2.36. The van der Waals surface area contributed by atoms with Gasteiger partial charge in [0, 0.05) is 57.9 Å². The number of anilines is 2. The van der Waals surface area contributed by atoms with Gasteiger partial charge < -0.3 is 9.80 Å². The second-order valence-electron chi connectivity index (χ2n) is 4.98. The fourth-order valence-electron chi connectivity index (χ4n) is 2.36. The topological polar surface area (TPSA) is 45.2 Å². The maximum Gasteiger partial charge on any atom is 0.172 e. The number of pyridine rings is 1. The van der Waals surface area contributed by atoms with Crippen LogP contribution in [-0.4, -0.2) is 42.1 Å². The summed E-state index contributed by atoms with van der Waals surface area (Å²) >= 11 is 0. The molecule has 0 bridgehead atoms. The van der Waals surface area contributed by atoms with Crippen molar-refractivity contribution < 1.29 is 0 Å². The van der Waals surface area contributed by atoms with Gasteiger partial charge in [-0.05, 0) is 17.7 Å². The number of hydrogen-bond acceptors (Lipinski definition) is 5. The van der Waals surface area contributed by atoms with E-state index in [1.165, 1.54) is 5.56 Å². The van der Waals surface area contributed by atoms with Crippen molar-refractivity contribution in [2.24, 2.45) is 0 Å². The average Bonchev–Trinajstić information content (AvgIpc) is 2.39. The van der Waals surface area contributed by atoms with Gasteiger partial charge in [0.2, 0.25) is 0 Å². The van der Waals surface area contributed by atoms with Gasteiger partial charge in [0.05, 0.1) is 0 Å². The van der Waals surface area contributed by atoms with E-state index in [-0.39, 0.29) is 0 Å². The van der Waals surface area contributed by atoms with E-state index in [2.05, 4.69) is 32.0 Å². The van der Waals surface area contributed by atoms with E-state index in [9.17, 15) is 0 Å². The van der Waals surface area contributed by atoms with E-state index in [0.29, 0.717) is 5.92 Å². The van der Waals surface area contributed by atoms with Crippen molar-refractivity contribution in [1.29, 1.82) is 0 Å². The molecule has 1 saturated heterocycles. The molecule has 3 rings (SSSR count). The molecule has 0 unspecified atom stereocenters. The molecular weight excluding hydrogens is 238 g/mol. The van der Waals surface area contributed by atoms with Crippen LogP contribution in [0.15, 0.2) is 36.9 Å². The molecule has 1 aliphatic rings. The van der Waals surface area contributed by atoms with Crippen molar-refractivity contribution in [2.75, 3.05) is 37.0 Å². The minimum atomic E-state index is 0.569. The number of nitrogens with zero attached hydrogens (tertiary/aromatic N) is 5. The zero-order valence-corrected chi connectivity index (χ0v) is 11.2. The molecule has 98 valence electrons. The second kappa shape index (κ2) is 4.84. The number of hydrogen-bond donors (Lipinski definition) is 0. The van der Waals surface area contributed by atoms with Gasteiger partial charge in [-0.25, -0.2) is 9.97 Å². The molecule has 0 radical (unpaired) electrons. The third-order valence-electron chi connectivity index (χ3n) is 3.44. The minimum absolute atomic E-state index is 0.569. The van der Waals surface area contributed by atoms with Crippen LogP contribution in [0.5, 0.6) is 0 Å². The minimum Gasteiger partial charge on any atom is -0.360 e. The largest absolute Gasteiger partial charge is 0.360 e. The predicted molar refractivity (Wildman–Crippen MR) is 75.6 cm³/mol. The Balaban J connectivity index is 1.74. The highest BCUT2D eigenvalue weighted by molar-refractivity contribution is 5.63. The second-order valence-corrected chi connectivity index (χ2v) is 4.98. The van der Waals surface area contributed by atoms with Crippen molar-refractivity contribution in [3.05, 3.63) is 42.5 Å². The third-order valence-corrected chi connectivity index (χ3v) is 3.44. The Kier molecular flexibility index (Phi) is 3.03. The lowest BCUT2D eigenvalue weighted by atomic mass is 9.92. The molecule has 1 aliphatic heterocycles. The van der Waals surface area contributed by atoms with Crippen LogP contribution < -0.4 is 9.80 Å². The van der Waals surface area contributed by atoms with Crippen LogP contribution in [0.1, 0.15) is 11.5 Å². The normalized spacial score (nSPS) is 15.2. The molecular formula is C14H17N5. The van der Waals surface area contributed by atoms with E-state index in [0.717, 1.165) is 24.7 Å². The van der Waals surface area contributed by atoms with E-state index in [1.807, 2.05) is 31.4 Å². The standard InChI is InChI=1S/C14H17N5/c1-18(2)13-14(17-8-7-16-13)19-9-12(10-19)11-3-5-15-6-4-11/h3-8,12H,9-10H2,1-2H3. The summed E-state index contributed by atoms with van der Waals surface area (Å²) in [5, 5.41) is 0. The molecule has 2 aromatic rings. The molecule has 1 fully saturated rings. The Morgan fingerprint density at radius 3 is 2.42 bits per heavy atom. The first-order valence-electron chi connectivity index (χ1n) is 6.39. The molecule has 5 nitrogen and oxygen atoms in total. The van der Waals surface area contributed by atoms with Gasteiger partial charge in [0.1, 0.15) is 0 Å². The first-order chi connectivity index (χ1) is 9.25. The summed E-state index contributed by atoms with van der Waals surface area (Å²) in [6, 6.07) is 4.18. The van der Waals surface area contributed by atoms with Crippen LogP contribution in [0.3, 0.4) is 0 Å². The fraction of sp³-hybridized carbons (Fsp3) is 0.357. The van der Waals surface area contributed by atoms with Crippen molar-refractivity contribution in [3.63, 3.8) is 0 Å². The molecule has 0 aromatic carbocycles. The molecule has 19 heavy (non-hydrogen) atoms. The highest BCUT2D eigenvalue weighted by atomic mass is 15.3. The lowest BCUT2D eigenvalue weighted by Gasteiger charge is -2.41. The van der Waals surface area contributed by atoms with Crippen molar-refractivity contribution in [3.8, 4) is 0 Å².